The zero-order valence-electron chi connectivity index (χ0n) is 8.14. The van der Waals surface area contributed by atoms with Crippen LogP contribution in [-0.2, 0) is 0 Å². The van der Waals surface area contributed by atoms with Crippen LogP contribution in [0.2, 0.25) is 0 Å². The molecule has 1 aromatic rings. The van der Waals surface area contributed by atoms with Crippen LogP contribution in [0, 0.1) is 5.82 Å². The second kappa shape index (κ2) is 3.72. The fraction of sp³-hybridized carbons (Fsp3) is 0.333. The minimum atomic E-state index is -2.62. The quantitative estimate of drug-likeness (QED) is 0.659. The number of alkyl halides is 2. The molecule has 0 unspecified atom stereocenters. The first-order chi connectivity index (χ1) is 7.08. The van der Waals surface area contributed by atoms with Crippen LogP contribution in [0.4, 0.5) is 13.2 Å². The van der Waals surface area contributed by atoms with Gasteiger partial charge in [0.05, 0.1) is 0 Å². The van der Waals surface area contributed by atoms with E-state index in [1.807, 2.05) is 0 Å². The second-order valence-electron chi connectivity index (χ2n) is 3.77. The molecule has 0 nitrogen and oxygen atoms in total. The lowest BCUT2D eigenvalue weighted by atomic mass is 9.91. The van der Waals surface area contributed by atoms with Crippen LogP contribution in [0.1, 0.15) is 24.8 Å². The van der Waals surface area contributed by atoms with Crippen LogP contribution in [-0.4, -0.2) is 5.92 Å². The molecule has 0 atom stereocenters. The maximum atomic E-state index is 13.3. The molecule has 80 valence electrons. The highest BCUT2D eigenvalue weighted by Crippen LogP contribution is 2.36. The van der Waals surface area contributed by atoms with Gasteiger partial charge in [-0.1, -0.05) is 24.3 Å². The molecule has 3 heteroatoms. The molecule has 0 radical (unpaired) electrons. The largest absolute Gasteiger partial charge is 0.251 e. The Balaban J connectivity index is 2.27. The van der Waals surface area contributed by atoms with Crippen LogP contribution in [0.5, 0.6) is 0 Å². The lowest BCUT2D eigenvalue weighted by molar-refractivity contribution is -0.00605. The fourth-order valence-electron chi connectivity index (χ4n) is 1.76. The van der Waals surface area contributed by atoms with Gasteiger partial charge < -0.3 is 0 Å². The molecular formula is C12H11F3. The number of benzene rings is 1. The maximum absolute atomic E-state index is 13.3. The molecule has 0 spiro atoms. The minimum Gasteiger partial charge on any atom is -0.207 e. The van der Waals surface area contributed by atoms with Crippen molar-refractivity contribution in [3.05, 3.63) is 41.7 Å². The van der Waals surface area contributed by atoms with E-state index < -0.39 is 5.92 Å². The van der Waals surface area contributed by atoms with Gasteiger partial charge in [0.15, 0.2) is 0 Å². The van der Waals surface area contributed by atoms with Crippen LogP contribution in [0.3, 0.4) is 0 Å². The topological polar surface area (TPSA) is 0 Å². The van der Waals surface area contributed by atoms with Crippen molar-refractivity contribution in [2.45, 2.75) is 25.2 Å². The molecule has 0 saturated carbocycles. The molecule has 0 fully saturated rings. The standard InChI is InChI=1S/C12H11F3/c13-11-4-2-1-3-10(11)9-5-7-12(14,15)8-6-9/h1-5H,6-8H2. The summed E-state index contributed by atoms with van der Waals surface area (Å²) in [6.07, 6.45) is 1.22. The molecule has 0 saturated heterocycles. The molecule has 1 aromatic carbocycles. The first-order valence-electron chi connectivity index (χ1n) is 4.90. The van der Waals surface area contributed by atoms with Gasteiger partial charge in [-0.15, -0.1) is 0 Å². The summed E-state index contributed by atoms with van der Waals surface area (Å²) < 4.78 is 39.0. The highest BCUT2D eigenvalue weighted by Gasteiger charge is 2.31. The molecular weight excluding hydrogens is 201 g/mol. The third-order valence-corrected chi connectivity index (χ3v) is 2.63. The Morgan fingerprint density at radius 2 is 1.87 bits per heavy atom. The monoisotopic (exact) mass is 212 g/mol. The van der Waals surface area contributed by atoms with Gasteiger partial charge in [-0.2, -0.15) is 0 Å². The zero-order chi connectivity index (χ0) is 10.9. The van der Waals surface area contributed by atoms with Gasteiger partial charge in [-0.3, -0.25) is 0 Å². The smallest absolute Gasteiger partial charge is 0.207 e. The molecule has 0 bridgehead atoms. The SMILES string of the molecule is Fc1ccccc1C1=CCC(F)(F)CC1. The summed E-state index contributed by atoms with van der Waals surface area (Å²) in [6, 6.07) is 6.29. The molecule has 2 rings (SSSR count). The van der Waals surface area contributed by atoms with Crippen molar-refractivity contribution in [2.75, 3.05) is 0 Å². The Labute approximate surface area is 86.4 Å². The average molecular weight is 212 g/mol. The summed E-state index contributed by atoms with van der Waals surface area (Å²) in [5.74, 6) is -2.96. The summed E-state index contributed by atoms with van der Waals surface area (Å²) in [4.78, 5) is 0. The Kier molecular flexibility index (Phi) is 2.55. The minimum absolute atomic E-state index is 0.187. The van der Waals surface area contributed by atoms with E-state index in [2.05, 4.69) is 0 Å². The summed E-state index contributed by atoms with van der Waals surface area (Å²) in [6.45, 7) is 0. The van der Waals surface area contributed by atoms with E-state index in [-0.39, 0.29) is 25.1 Å². The van der Waals surface area contributed by atoms with Crippen molar-refractivity contribution in [2.24, 2.45) is 0 Å². The molecule has 0 aliphatic heterocycles. The van der Waals surface area contributed by atoms with Gasteiger partial charge in [0.25, 0.3) is 5.92 Å². The molecule has 1 aliphatic rings. The molecule has 0 aromatic heterocycles. The van der Waals surface area contributed by atoms with Gasteiger partial charge in [-0.25, -0.2) is 13.2 Å². The lowest BCUT2D eigenvalue weighted by Crippen LogP contribution is -2.18. The molecule has 1 aliphatic carbocycles. The number of hydrogen-bond acceptors (Lipinski definition) is 0. The van der Waals surface area contributed by atoms with Crippen molar-refractivity contribution in [3.63, 3.8) is 0 Å². The molecule has 15 heavy (non-hydrogen) atoms. The Hall–Kier alpha value is -1.25. The number of rotatable bonds is 1. The number of hydrogen-bond donors (Lipinski definition) is 0. The van der Waals surface area contributed by atoms with Gasteiger partial charge in [0.2, 0.25) is 0 Å². The van der Waals surface area contributed by atoms with Crippen LogP contribution in [0.15, 0.2) is 30.3 Å². The maximum Gasteiger partial charge on any atom is 0.251 e. The van der Waals surface area contributed by atoms with Gasteiger partial charge in [-0.05, 0) is 18.1 Å². The summed E-state index contributed by atoms with van der Waals surface area (Å²) in [5, 5.41) is 0. The van der Waals surface area contributed by atoms with Crippen LogP contribution in [0.25, 0.3) is 5.57 Å². The van der Waals surface area contributed by atoms with E-state index in [0.717, 1.165) is 0 Å². The van der Waals surface area contributed by atoms with Crippen molar-refractivity contribution < 1.29 is 13.2 Å². The van der Waals surface area contributed by atoms with E-state index in [4.69, 9.17) is 0 Å². The predicted molar refractivity (Wildman–Crippen MR) is 53.2 cm³/mol. The van der Waals surface area contributed by atoms with E-state index in [9.17, 15) is 13.2 Å². The average Bonchev–Trinajstić information content (AvgIpc) is 2.19. The van der Waals surface area contributed by atoms with E-state index in [1.165, 1.54) is 12.1 Å². The third-order valence-electron chi connectivity index (χ3n) is 2.63. The van der Waals surface area contributed by atoms with Crippen molar-refractivity contribution in [1.82, 2.24) is 0 Å². The highest BCUT2D eigenvalue weighted by molar-refractivity contribution is 5.66. The van der Waals surface area contributed by atoms with Gasteiger partial charge in [0, 0.05) is 18.4 Å². The highest BCUT2D eigenvalue weighted by atomic mass is 19.3. The lowest BCUT2D eigenvalue weighted by Gasteiger charge is -2.21. The van der Waals surface area contributed by atoms with E-state index in [1.54, 1.807) is 18.2 Å². The summed E-state index contributed by atoms with van der Waals surface area (Å²) >= 11 is 0. The Bertz CT molecular complexity index is 394. The van der Waals surface area contributed by atoms with Crippen molar-refractivity contribution >= 4 is 5.57 Å². The zero-order valence-corrected chi connectivity index (χ0v) is 8.14. The number of allylic oxidation sites excluding steroid dienone is 2. The molecule has 0 heterocycles. The Morgan fingerprint density at radius 1 is 1.13 bits per heavy atom. The fourth-order valence-corrected chi connectivity index (χ4v) is 1.76. The van der Waals surface area contributed by atoms with E-state index >= 15 is 0 Å². The van der Waals surface area contributed by atoms with Gasteiger partial charge >= 0.3 is 0 Å². The molecule has 0 N–H and O–H groups in total. The summed E-state index contributed by atoms with van der Waals surface area (Å²) in [5.41, 5.74) is 1.15. The second-order valence-corrected chi connectivity index (χ2v) is 3.77. The third kappa shape index (κ3) is 2.22. The normalized spacial score (nSPS) is 19.8. The van der Waals surface area contributed by atoms with Crippen molar-refractivity contribution in [3.8, 4) is 0 Å². The Morgan fingerprint density at radius 3 is 2.47 bits per heavy atom. The predicted octanol–water partition coefficient (Wildman–Crippen LogP) is 4.03. The first-order valence-corrected chi connectivity index (χ1v) is 4.90. The van der Waals surface area contributed by atoms with Crippen LogP contribution >= 0.6 is 0 Å². The first kappa shape index (κ1) is 10.3. The van der Waals surface area contributed by atoms with Crippen LogP contribution < -0.4 is 0 Å². The van der Waals surface area contributed by atoms with E-state index in [0.29, 0.717) is 11.1 Å². The molecule has 0 amide bonds. The number of halogens is 3. The summed E-state index contributed by atoms with van der Waals surface area (Å²) in [7, 11) is 0. The van der Waals surface area contributed by atoms with Crippen molar-refractivity contribution in [1.29, 1.82) is 0 Å². The van der Waals surface area contributed by atoms with Gasteiger partial charge in [0.1, 0.15) is 5.82 Å².